The van der Waals surface area contributed by atoms with Gasteiger partial charge in [-0.15, -0.1) is 10.2 Å². The fourth-order valence-corrected chi connectivity index (χ4v) is 2.72. The quantitative estimate of drug-likeness (QED) is 0.612. The van der Waals surface area contributed by atoms with Crippen molar-refractivity contribution in [3.63, 3.8) is 0 Å². The fraction of sp³-hybridized carbons (Fsp3) is 0.227. The van der Waals surface area contributed by atoms with Crippen molar-refractivity contribution in [1.29, 1.82) is 0 Å². The SMILES string of the molecule is CC(C)(C)OC(=O)COc1ccc(-c2cc(-c3cc(F)ccc3O)nnc2N)cc1. The first kappa shape index (κ1) is 21.0. The van der Waals surface area contributed by atoms with Crippen molar-refractivity contribution in [2.45, 2.75) is 26.4 Å². The Kier molecular flexibility index (Phi) is 5.86. The molecule has 7 nitrogen and oxygen atoms in total. The molecular weight excluding hydrogens is 389 g/mol. The van der Waals surface area contributed by atoms with Gasteiger partial charge < -0.3 is 20.3 Å². The molecule has 0 bridgehead atoms. The molecular formula is C22H22FN3O4. The van der Waals surface area contributed by atoms with Gasteiger partial charge in [0, 0.05) is 11.1 Å². The Balaban J connectivity index is 1.79. The zero-order chi connectivity index (χ0) is 21.9. The van der Waals surface area contributed by atoms with Crippen LogP contribution >= 0.6 is 0 Å². The van der Waals surface area contributed by atoms with E-state index in [0.29, 0.717) is 16.9 Å². The van der Waals surface area contributed by atoms with E-state index in [1.54, 1.807) is 51.1 Å². The summed E-state index contributed by atoms with van der Waals surface area (Å²) in [5.41, 5.74) is 7.14. The van der Waals surface area contributed by atoms with Crippen LogP contribution in [0.15, 0.2) is 48.5 Å². The summed E-state index contributed by atoms with van der Waals surface area (Å²) in [6.45, 7) is 5.14. The number of esters is 1. The van der Waals surface area contributed by atoms with Gasteiger partial charge >= 0.3 is 5.97 Å². The number of aromatic hydroxyl groups is 1. The van der Waals surface area contributed by atoms with Crippen molar-refractivity contribution in [3.05, 3.63) is 54.3 Å². The number of nitrogens with two attached hydrogens (primary N) is 1. The molecule has 3 aromatic rings. The number of hydrogen-bond donors (Lipinski definition) is 2. The van der Waals surface area contributed by atoms with E-state index < -0.39 is 17.4 Å². The second kappa shape index (κ2) is 8.36. The molecule has 0 spiro atoms. The van der Waals surface area contributed by atoms with Crippen molar-refractivity contribution in [2.24, 2.45) is 0 Å². The molecule has 0 radical (unpaired) electrons. The standard InChI is InChI=1S/C22H22FN3O4/c1-22(2,3)30-20(28)12-29-15-7-4-13(5-8-15)16-11-18(25-26-21(16)24)17-10-14(23)6-9-19(17)27/h4-11,27H,12H2,1-3H3,(H2,24,26). The molecule has 0 aliphatic rings. The van der Waals surface area contributed by atoms with Crippen LogP contribution in [0.3, 0.4) is 0 Å². The molecule has 0 unspecified atom stereocenters. The van der Waals surface area contributed by atoms with E-state index in [9.17, 15) is 14.3 Å². The molecule has 156 valence electrons. The Morgan fingerprint density at radius 3 is 2.43 bits per heavy atom. The fourth-order valence-electron chi connectivity index (χ4n) is 2.72. The number of ether oxygens (including phenoxy) is 2. The van der Waals surface area contributed by atoms with Crippen LogP contribution in [0.1, 0.15) is 20.8 Å². The molecule has 0 amide bonds. The molecule has 0 aliphatic carbocycles. The molecule has 8 heteroatoms. The zero-order valence-corrected chi connectivity index (χ0v) is 16.8. The first-order valence-electron chi connectivity index (χ1n) is 9.19. The topological polar surface area (TPSA) is 108 Å². The molecule has 3 N–H and O–H groups in total. The number of hydrogen-bond acceptors (Lipinski definition) is 7. The number of anilines is 1. The minimum atomic E-state index is -0.579. The maximum absolute atomic E-state index is 13.6. The molecule has 1 heterocycles. The summed E-state index contributed by atoms with van der Waals surface area (Å²) in [5.74, 6) is -0.430. The molecule has 3 rings (SSSR count). The second-order valence-corrected chi connectivity index (χ2v) is 7.59. The number of phenolic OH excluding ortho intramolecular Hbond substituents is 1. The number of nitrogen functional groups attached to an aromatic ring is 1. The van der Waals surface area contributed by atoms with E-state index in [1.165, 1.54) is 12.1 Å². The number of nitrogens with zero attached hydrogens (tertiary/aromatic N) is 2. The largest absolute Gasteiger partial charge is 0.507 e. The molecule has 0 aliphatic heterocycles. The Morgan fingerprint density at radius 2 is 1.77 bits per heavy atom. The van der Waals surface area contributed by atoms with Crippen molar-refractivity contribution >= 4 is 11.8 Å². The lowest BCUT2D eigenvalue weighted by Gasteiger charge is -2.19. The van der Waals surface area contributed by atoms with Gasteiger partial charge in [-0.05, 0) is 62.7 Å². The number of halogens is 1. The van der Waals surface area contributed by atoms with Crippen molar-refractivity contribution in [3.8, 4) is 33.9 Å². The van der Waals surface area contributed by atoms with E-state index in [2.05, 4.69) is 10.2 Å². The lowest BCUT2D eigenvalue weighted by Crippen LogP contribution is -2.27. The number of benzene rings is 2. The van der Waals surface area contributed by atoms with E-state index in [1.807, 2.05) is 0 Å². The van der Waals surface area contributed by atoms with Crippen molar-refractivity contribution in [2.75, 3.05) is 12.3 Å². The summed E-state index contributed by atoms with van der Waals surface area (Å²) >= 11 is 0. The number of rotatable bonds is 5. The summed E-state index contributed by atoms with van der Waals surface area (Å²) < 4.78 is 24.2. The van der Waals surface area contributed by atoms with Gasteiger partial charge in [0.25, 0.3) is 0 Å². The molecule has 0 saturated heterocycles. The predicted molar refractivity (Wildman–Crippen MR) is 110 cm³/mol. The van der Waals surface area contributed by atoms with Gasteiger partial charge in [-0.2, -0.15) is 0 Å². The molecule has 0 fully saturated rings. The van der Waals surface area contributed by atoms with Gasteiger partial charge in [-0.25, -0.2) is 9.18 Å². The van der Waals surface area contributed by atoms with E-state index in [0.717, 1.165) is 6.07 Å². The van der Waals surface area contributed by atoms with E-state index >= 15 is 0 Å². The monoisotopic (exact) mass is 411 g/mol. The van der Waals surface area contributed by atoms with Crippen molar-refractivity contribution < 1.29 is 23.8 Å². The van der Waals surface area contributed by atoms with Crippen LogP contribution in [0.25, 0.3) is 22.4 Å². The lowest BCUT2D eigenvalue weighted by molar-refractivity contribution is -0.157. The first-order chi connectivity index (χ1) is 14.1. The van der Waals surface area contributed by atoms with E-state index in [4.69, 9.17) is 15.2 Å². The van der Waals surface area contributed by atoms with Crippen LogP contribution < -0.4 is 10.5 Å². The molecule has 1 aromatic heterocycles. The van der Waals surface area contributed by atoms with Crippen LogP contribution in [-0.2, 0) is 9.53 Å². The lowest BCUT2D eigenvalue weighted by atomic mass is 10.0. The average Bonchev–Trinajstić information content (AvgIpc) is 2.68. The van der Waals surface area contributed by atoms with Crippen LogP contribution in [0, 0.1) is 5.82 Å². The third kappa shape index (κ3) is 5.22. The number of carbonyl (C=O) groups is 1. The van der Waals surface area contributed by atoms with E-state index in [-0.39, 0.29) is 29.4 Å². The molecule has 2 aromatic carbocycles. The summed E-state index contributed by atoms with van der Waals surface area (Å²) in [6, 6.07) is 12.0. The van der Waals surface area contributed by atoms with Gasteiger partial charge in [-0.3, -0.25) is 0 Å². The number of phenols is 1. The highest BCUT2D eigenvalue weighted by atomic mass is 19.1. The number of aromatic nitrogens is 2. The van der Waals surface area contributed by atoms with Crippen LogP contribution in [0.4, 0.5) is 10.2 Å². The predicted octanol–water partition coefficient (Wildman–Crippen LogP) is 3.96. The van der Waals surface area contributed by atoms with Crippen LogP contribution in [-0.4, -0.2) is 33.5 Å². The van der Waals surface area contributed by atoms with Crippen LogP contribution in [0.2, 0.25) is 0 Å². The Labute approximate surface area is 173 Å². The maximum atomic E-state index is 13.6. The maximum Gasteiger partial charge on any atom is 0.344 e. The normalized spacial score (nSPS) is 11.2. The Bertz CT molecular complexity index is 1060. The minimum absolute atomic E-state index is 0.118. The summed E-state index contributed by atoms with van der Waals surface area (Å²) in [4.78, 5) is 11.8. The third-order valence-corrected chi connectivity index (χ3v) is 4.00. The smallest absolute Gasteiger partial charge is 0.344 e. The van der Waals surface area contributed by atoms with Crippen LogP contribution in [0.5, 0.6) is 11.5 Å². The highest BCUT2D eigenvalue weighted by Gasteiger charge is 2.17. The highest BCUT2D eigenvalue weighted by molar-refractivity contribution is 5.79. The number of carbonyl (C=O) groups excluding carboxylic acids is 1. The van der Waals surface area contributed by atoms with Gasteiger partial charge in [0.15, 0.2) is 12.4 Å². The average molecular weight is 411 g/mol. The molecule has 30 heavy (non-hydrogen) atoms. The zero-order valence-electron chi connectivity index (χ0n) is 16.8. The summed E-state index contributed by atoms with van der Waals surface area (Å²) in [5, 5.41) is 17.9. The van der Waals surface area contributed by atoms with Crippen molar-refractivity contribution in [1.82, 2.24) is 10.2 Å². The van der Waals surface area contributed by atoms with Gasteiger partial charge in [0.2, 0.25) is 0 Å². The third-order valence-electron chi connectivity index (χ3n) is 4.00. The summed E-state index contributed by atoms with van der Waals surface area (Å²) in [7, 11) is 0. The highest BCUT2D eigenvalue weighted by Crippen LogP contribution is 2.33. The van der Waals surface area contributed by atoms with Gasteiger partial charge in [-0.1, -0.05) is 12.1 Å². The first-order valence-corrected chi connectivity index (χ1v) is 9.19. The second-order valence-electron chi connectivity index (χ2n) is 7.59. The van der Waals surface area contributed by atoms with Gasteiger partial charge in [0.05, 0.1) is 5.69 Å². The molecule has 0 saturated carbocycles. The summed E-state index contributed by atoms with van der Waals surface area (Å²) in [6.07, 6.45) is 0. The molecule has 0 atom stereocenters. The van der Waals surface area contributed by atoms with Gasteiger partial charge in [0.1, 0.15) is 22.9 Å². The Hall–Kier alpha value is -3.68. The Morgan fingerprint density at radius 1 is 1.07 bits per heavy atom. The minimum Gasteiger partial charge on any atom is -0.507 e.